The van der Waals surface area contributed by atoms with Crippen LogP contribution < -0.4 is 11.1 Å². The minimum atomic E-state index is -0.197. The number of nitrogens with two attached hydrogens (primary N) is 1. The second-order valence-corrected chi connectivity index (χ2v) is 6.53. The first-order valence-corrected chi connectivity index (χ1v) is 8.79. The van der Waals surface area contributed by atoms with E-state index in [4.69, 9.17) is 5.73 Å². The van der Waals surface area contributed by atoms with Crippen LogP contribution in [0.4, 0.5) is 0 Å². The van der Waals surface area contributed by atoms with Crippen molar-refractivity contribution in [2.75, 3.05) is 0 Å². The predicted octanol–water partition coefficient (Wildman–Crippen LogP) is 1.61. The molecule has 0 bridgehead atoms. The third-order valence-electron chi connectivity index (χ3n) is 4.60. The average Bonchev–Trinajstić information content (AvgIpc) is 3.06. The van der Waals surface area contributed by atoms with Crippen molar-refractivity contribution in [1.29, 1.82) is 0 Å². The quantitative estimate of drug-likeness (QED) is 0.481. The van der Waals surface area contributed by atoms with Crippen molar-refractivity contribution in [3.8, 4) is 0 Å². The van der Waals surface area contributed by atoms with Crippen LogP contribution in [0.25, 0.3) is 10.9 Å². The fourth-order valence-electron chi connectivity index (χ4n) is 3.21. The molecule has 0 aliphatic heterocycles. The molecule has 0 amide bonds. The molecule has 7 heteroatoms. The van der Waals surface area contributed by atoms with E-state index in [2.05, 4.69) is 22.0 Å². The number of allylic oxidation sites excluding steroid dienone is 1. The third kappa shape index (κ3) is 4.12. The summed E-state index contributed by atoms with van der Waals surface area (Å²) < 4.78 is 1.68. The largest absolute Gasteiger partial charge is 0.404 e. The Morgan fingerprint density at radius 2 is 2.15 bits per heavy atom. The monoisotopic (exact) mass is 355 g/mol. The van der Waals surface area contributed by atoms with Crippen LogP contribution in [-0.4, -0.2) is 38.0 Å². The van der Waals surface area contributed by atoms with Gasteiger partial charge in [0.05, 0.1) is 24.4 Å². The van der Waals surface area contributed by atoms with Crippen LogP contribution in [0, 0.1) is 0 Å². The number of aliphatic hydroxyl groups excluding tert-OH is 2. The van der Waals surface area contributed by atoms with E-state index in [0.29, 0.717) is 11.7 Å². The van der Waals surface area contributed by atoms with Crippen molar-refractivity contribution in [1.82, 2.24) is 15.1 Å². The zero-order valence-corrected chi connectivity index (χ0v) is 14.7. The lowest BCUT2D eigenvalue weighted by atomic mass is 9.93. The molecule has 1 saturated carbocycles. The molecule has 5 N–H and O–H groups in total. The van der Waals surface area contributed by atoms with Gasteiger partial charge in [0.15, 0.2) is 5.84 Å². The van der Waals surface area contributed by atoms with Crippen LogP contribution in [0.2, 0.25) is 0 Å². The number of aromatic nitrogens is 2. The van der Waals surface area contributed by atoms with Crippen molar-refractivity contribution < 1.29 is 10.2 Å². The lowest BCUT2D eigenvalue weighted by molar-refractivity contribution is 0.118. The van der Waals surface area contributed by atoms with Gasteiger partial charge in [-0.3, -0.25) is 0 Å². The van der Waals surface area contributed by atoms with Gasteiger partial charge in [0.2, 0.25) is 0 Å². The van der Waals surface area contributed by atoms with E-state index in [1.165, 1.54) is 6.20 Å². The van der Waals surface area contributed by atoms with Gasteiger partial charge >= 0.3 is 0 Å². The summed E-state index contributed by atoms with van der Waals surface area (Å²) in [5.74, 6) is 1.06. The van der Waals surface area contributed by atoms with Crippen LogP contribution in [0.3, 0.4) is 0 Å². The van der Waals surface area contributed by atoms with Gasteiger partial charge in [0.25, 0.3) is 0 Å². The fourth-order valence-corrected chi connectivity index (χ4v) is 3.21. The maximum atomic E-state index is 9.61. The van der Waals surface area contributed by atoms with Gasteiger partial charge < -0.3 is 21.3 Å². The number of aliphatic hydroxyl groups is 2. The molecule has 26 heavy (non-hydrogen) atoms. The van der Waals surface area contributed by atoms with Crippen LogP contribution in [0.5, 0.6) is 0 Å². The van der Waals surface area contributed by atoms with Crippen molar-refractivity contribution >= 4 is 16.7 Å². The number of benzene rings is 1. The second kappa shape index (κ2) is 8.16. The SMILES string of the molecule is C=C(/N=C(\C=C/N)n1ncc2ccc(CO)cc21)N[C@H]1CC[C@H](O)CC1. The van der Waals surface area contributed by atoms with Gasteiger partial charge in [-0.15, -0.1) is 0 Å². The highest BCUT2D eigenvalue weighted by Gasteiger charge is 2.19. The third-order valence-corrected chi connectivity index (χ3v) is 4.60. The molecule has 1 heterocycles. The lowest BCUT2D eigenvalue weighted by Gasteiger charge is -2.26. The molecule has 0 spiro atoms. The zero-order chi connectivity index (χ0) is 18.5. The number of aliphatic imine (C=N–C) groups is 1. The summed E-state index contributed by atoms with van der Waals surface area (Å²) in [4.78, 5) is 4.55. The molecular weight excluding hydrogens is 330 g/mol. The number of rotatable bonds is 5. The molecule has 1 aromatic carbocycles. The summed E-state index contributed by atoms with van der Waals surface area (Å²) in [6.07, 6.45) is 7.98. The molecule has 0 unspecified atom stereocenters. The van der Waals surface area contributed by atoms with Crippen molar-refractivity contribution in [2.24, 2.45) is 10.7 Å². The van der Waals surface area contributed by atoms with Crippen LogP contribution >= 0.6 is 0 Å². The first kappa shape index (κ1) is 18.2. The first-order chi connectivity index (χ1) is 12.6. The lowest BCUT2D eigenvalue weighted by Crippen LogP contribution is -2.33. The topological polar surface area (TPSA) is 109 Å². The van der Waals surface area contributed by atoms with Crippen LogP contribution in [0.1, 0.15) is 31.2 Å². The van der Waals surface area contributed by atoms with E-state index in [1.54, 1.807) is 17.0 Å². The molecule has 138 valence electrons. The second-order valence-electron chi connectivity index (χ2n) is 6.53. The van der Waals surface area contributed by atoms with E-state index < -0.39 is 0 Å². The summed E-state index contributed by atoms with van der Waals surface area (Å²) in [5, 5.41) is 27.6. The van der Waals surface area contributed by atoms with E-state index in [0.717, 1.165) is 42.1 Å². The first-order valence-electron chi connectivity index (χ1n) is 8.79. The summed E-state index contributed by atoms with van der Waals surface area (Å²) in [7, 11) is 0. The van der Waals surface area contributed by atoms with Crippen molar-refractivity contribution in [3.05, 3.63) is 54.6 Å². The molecule has 1 fully saturated rings. The Morgan fingerprint density at radius 3 is 2.85 bits per heavy atom. The van der Waals surface area contributed by atoms with Gasteiger partial charge in [0, 0.05) is 11.4 Å². The van der Waals surface area contributed by atoms with E-state index in [-0.39, 0.29) is 18.8 Å². The normalized spacial score (nSPS) is 21.4. The Bertz CT molecular complexity index is 832. The Kier molecular flexibility index (Phi) is 5.70. The molecule has 0 radical (unpaired) electrons. The summed E-state index contributed by atoms with van der Waals surface area (Å²) >= 11 is 0. The standard InChI is InChI=1S/C19H25N5O2/c1-13(22-16-4-6-17(26)7-5-16)23-19(8-9-20)24-18-10-14(12-25)2-3-15(18)11-21-24/h2-3,8-11,16-17,22,25-26H,1,4-7,12,20H2/b9-8-,23-19+/t16-,17-. The molecule has 3 rings (SSSR count). The fraction of sp³-hybridized carbons (Fsp3) is 0.368. The van der Waals surface area contributed by atoms with Crippen molar-refractivity contribution in [3.63, 3.8) is 0 Å². The number of nitrogens with one attached hydrogen (secondary N) is 1. The van der Waals surface area contributed by atoms with Gasteiger partial charge in [-0.25, -0.2) is 9.67 Å². The minimum Gasteiger partial charge on any atom is -0.404 e. The Morgan fingerprint density at radius 1 is 1.38 bits per heavy atom. The van der Waals surface area contributed by atoms with E-state index in [1.807, 2.05) is 18.2 Å². The number of fused-ring (bicyclic) bond motifs is 1. The summed E-state index contributed by atoms with van der Waals surface area (Å²) in [5.41, 5.74) is 7.22. The molecule has 1 aromatic heterocycles. The molecule has 1 aliphatic carbocycles. The summed E-state index contributed by atoms with van der Waals surface area (Å²) in [6, 6.07) is 5.91. The van der Waals surface area contributed by atoms with Crippen LogP contribution in [-0.2, 0) is 6.61 Å². The Hall–Kier alpha value is -2.64. The predicted molar refractivity (Wildman–Crippen MR) is 102 cm³/mol. The van der Waals surface area contributed by atoms with Gasteiger partial charge in [-0.2, -0.15) is 5.10 Å². The molecule has 2 aromatic rings. The Labute approximate surface area is 152 Å². The highest BCUT2D eigenvalue weighted by atomic mass is 16.3. The van der Waals surface area contributed by atoms with E-state index in [9.17, 15) is 10.2 Å². The van der Waals surface area contributed by atoms with Gasteiger partial charge in [-0.05, 0) is 49.6 Å². The molecule has 0 atom stereocenters. The van der Waals surface area contributed by atoms with Gasteiger partial charge in [-0.1, -0.05) is 18.7 Å². The number of nitrogens with zero attached hydrogens (tertiary/aromatic N) is 3. The van der Waals surface area contributed by atoms with E-state index >= 15 is 0 Å². The average molecular weight is 355 g/mol. The van der Waals surface area contributed by atoms with Crippen molar-refractivity contribution in [2.45, 2.75) is 44.4 Å². The van der Waals surface area contributed by atoms with Crippen LogP contribution in [0.15, 0.2) is 54.1 Å². The zero-order valence-electron chi connectivity index (χ0n) is 14.7. The number of hydrogen-bond donors (Lipinski definition) is 4. The summed E-state index contributed by atoms with van der Waals surface area (Å²) in [6.45, 7) is 3.96. The minimum absolute atomic E-state index is 0.0396. The molecular formula is C19H25N5O2. The number of hydrogen-bond acceptors (Lipinski definition) is 6. The Balaban J connectivity index is 1.84. The highest BCUT2D eigenvalue weighted by Crippen LogP contribution is 2.20. The smallest absolute Gasteiger partial charge is 0.157 e. The molecule has 1 aliphatic rings. The maximum absolute atomic E-state index is 9.61. The maximum Gasteiger partial charge on any atom is 0.157 e. The molecule has 0 saturated heterocycles. The highest BCUT2D eigenvalue weighted by molar-refractivity contribution is 6.00. The molecule has 7 nitrogen and oxygen atoms in total. The van der Waals surface area contributed by atoms with Gasteiger partial charge in [0.1, 0.15) is 5.82 Å².